The van der Waals surface area contributed by atoms with Crippen molar-refractivity contribution in [2.24, 2.45) is 5.92 Å². The molecule has 5 nitrogen and oxygen atoms in total. The SMILES string of the molecule is CCC(C)C(C)NC(=O)N[C@H](CC)C(=O)O. The summed E-state index contributed by atoms with van der Waals surface area (Å²) in [4.78, 5) is 22.2. The van der Waals surface area contributed by atoms with Gasteiger partial charge in [0.05, 0.1) is 0 Å². The molecular weight excluding hydrogens is 208 g/mol. The molecule has 0 fully saturated rings. The van der Waals surface area contributed by atoms with Gasteiger partial charge in [-0.1, -0.05) is 27.2 Å². The predicted molar refractivity (Wildman–Crippen MR) is 62.3 cm³/mol. The Morgan fingerprint density at radius 2 is 1.69 bits per heavy atom. The maximum atomic E-state index is 11.5. The average Bonchev–Trinajstić information content (AvgIpc) is 2.23. The van der Waals surface area contributed by atoms with Crippen LogP contribution in [0.3, 0.4) is 0 Å². The Bertz CT molecular complexity index is 243. The smallest absolute Gasteiger partial charge is 0.326 e. The highest BCUT2D eigenvalue weighted by molar-refractivity contribution is 5.82. The summed E-state index contributed by atoms with van der Waals surface area (Å²) in [5, 5.41) is 13.9. The van der Waals surface area contributed by atoms with Gasteiger partial charge in [0.25, 0.3) is 0 Å². The second-order valence-electron chi connectivity index (χ2n) is 4.09. The zero-order chi connectivity index (χ0) is 12.7. The summed E-state index contributed by atoms with van der Waals surface area (Å²) >= 11 is 0. The van der Waals surface area contributed by atoms with E-state index < -0.39 is 18.0 Å². The van der Waals surface area contributed by atoms with Crippen molar-refractivity contribution in [3.8, 4) is 0 Å². The molecule has 0 aromatic carbocycles. The Balaban J connectivity index is 4.12. The van der Waals surface area contributed by atoms with E-state index >= 15 is 0 Å². The maximum Gasteiger partial charge on any atom is 0.326 e. The van der Waals surface area contributed by atoms with E-state index in [1.54, 1.807) is 6.92 Å². The molecule has 0 bridgehead atoms. The summed E-state index contributed by atoms with van der Waals surface area (Å²) in [6.07, 6.45) is 1.35. The molecule has 0 aromatic rings. The van der Waals surface area contributed by atoms with E-state index in [2.05, 4.69) is 10.6 Å². The lowest BCUT2D eigenvalue weighted by Crippen LogP contribution is -2.49. The van der Waals surface area contributed by atoms with Crippen LogP contribution >= 0.6 is 0 Å². The number of carbonyl (C=O) groups excluding carboxylic acids is 1. The molecule has 0 aliphatic carbocycles. The van der Waals surface area contributed by atoms with Crippen molar-refractivity contribution in [2.45, 2.75) is 52.6 Å². The molecule has 0 heterocycles. The van der Waals surface area contributed by atoms with Crippen LogP contribution in [0.5, 0.6) is 0 Å². The van der Waals surface area contributed by atoms with Crippen LogP contribution in [-0.4, -0.2) is 29.2 Å². The summed E-state index contributed by atoms with van der Waals surface area (Å²) in [5.74, 6) is -0.635. The Labute approximate surface area is 96.6 Å². The number of carbonyl (C=O) groups is 2. The van der Waals surface area contributed by atoms with Crippen LogP contribution in [0.25, 0.3) is 0 Å². The molecule has 0 spiro atoms. The molecule has 2 unspecified atom stereocenters. The van der Waals surface area contributed by atoms with Crippen LogP contribution in [0.2, 0.25) is 0 Å². The standard InChI is InChI=1S/C11H22N2O3/c1-5-7(3)8(4)12-11(16)13-9(6-2)10(14)15/h7-9H,5-6H2,1-4H3,(H,14,15)(H2,12,13,16)/t7?,8?,9-/m1/s1. The van der Waals surface area contributed by atoms with E-state index in [1.165, 1.54) is 0 Å². The first-order chi connectivity index (χ1) is 7.42. The van der Waals surface area contributed by atoms with Gasteiger partial charge < -0.3 is 15.7 Å². The van der Waals surface area contributed by atoms with Crippen molar-refractivity contribution in [2.75, 3.05) is 0 Å². The topological polar surface area (TPSA) is 78.4 Å². The number of carboxylic acid groups (broad SMARTS) is 1. The van der Waals surface area contributed by atoms with Crippen molar-refractivity contribution < 1.29 is 14.7 Å². The fourth-order valence-electron chi connectivity index (χ4n) is 1.24. The van der Waals surface area contributed by atoms with Gasteiger partial charge in [0.1, 0.15) is 6.04 Å². The summed E-state index contributed by atoms with van der Waals surface area (Å²) in [7, 11) is 0. The third kappa shape index (κ3) is 5.00. The number of hydrogen-bond acceptors (Lipinski definition) is 2. The molecule has 0 aliphatic heterocycles. The van der Waals surface area contributed by atoms with Crippen LogP contribution in [0.1, 0.15) is 40.5 Å². The van der Waals surface area contributed by atoms with Crippen molar-refractivity contribution in [3.63, 3.8) is 0 Å². The second-order valence-corrected chi connectivity index (χ2v) is 4.09. The third-order valence-corrected chi connectivity index (χ3v) is 2.87. The van der Waals surface area contributed by atoms with Gasteiger partial charge in [0, 0.05) is 6.04 Å². The van der Waals surface area contributed by atoms with Crippen LogP contribution in [0, 0.1) is 5.92 Å². The molecule has 0 radical (unpaired) electrons. The average molecular weight is 230 g/mol. The Hall–Kier alpha value is -1.26. The highest BCUT2D eigenvalue weighted by atomic mass is 16.4. The first-order valence-electron chi connectivity index (χ1n) is 5.72. The van der Waals surface area contributed by atoms with E-state index in [1.807, 2.05) is 20.8 Å². The highest BCUT2D eigenvalue weighted by Gasteiger charge is 2.19. The van der Waals surface area contributed by atoms with E-state index in [0.29, 0.717) is 12.3 Å². The Morgan fingerprint density at radius 3 is 2.06 bits per heavy atom. The number of amides is 2. The lowest BCUT2D eigenvalue weighted by molar-refractivity contribution is -0.139. The first-order valence-corrected chi connectivity index (χ1v) is 5.72. The van der Waals surface area contributed by atoms with Gasteiger partial charge in [-0.3, -0.25) is 0 Å². The molecule has 0 saturated heterocycles. The number of hydrogen-bond donors (Lipinski definition) is 3. The van der Waals surface area contributed by atoms with E-state index in [9.17, 15) is 9.59 Å². The molecule has 0 aliphatic rings. The lowest BCUT2D eigenvalue weighted by atomic mass is 10.0. The van der Waals surface area contributed by atoms with Crippen molar-refractivity contribution in [1.29, 1.82) is 0 Å². The Morgan fingerprint density at radius 1 is 1.12 bits per heavy atom. The third-order valence-electron chi connectivity index (χ3n) is 2.87. The van der Waals surface area contributed by atoms with Crippen LogP contribution < -0.4 is 10.6 Å². The van der Waals surface area contributed by atoms with Crippen LogP contribution in [0.4, 0.5) is 4.79 Å². The highest BCUT2D eigenvalue weighted by Crippen LogP contribution is 2.06. The lowest BCUT2D eigenvalue weighted by Gasteiger charge is -2.21. The molecule has 0 saturated carbocycles. The molecule has 16 heavy (non-hydrogen) atoms. The number of carboxylic acids is 1. The van der Waals surface area contributed by atoms with Gasteiger partial charge in [-0.2, -0.15) is 0 Å². The largest absolute Gasteiger partial charge is 0.480 e. The van der Waals surface area contributed by atoms with E-state index in [4.69, 9.17) is 5.11 Å². The molecule has 5 heteroatoms. The van der Waals surface area contributed by atoms with E-state index in [-0.39, 0.29) is 6.04 Å². The first kappa shape index (κ1) is 14.7. The van der Waals surface area contributed by atoms with Gasteiger partial charge in [0.15, 0.2) is 0 Å². The second kappa shape index (κ2) is 7.09. The monoisotopic (exact) mass is 230 g/mol. The number of rotatable bonds is 6. The molecular formula is C11H22N2O3. The normalized spacial score (nSPS) is 16.0. The van der Waals surface area contributed by atoms with Crippen LogP contribution in [0.15, 0.2) is 0 Å². The van der Waals surface area contributed by atoms with Gasteiger partial charge in [-0.05, 0) is 19.3 Å². The Kier molecular flexibility index (Phi) is 6.53. The quantitative estimate of drug-likeness (QED) is 0.648. The molecule has 0 rings (SSSR count). The molecule has 3 atom stereocenters. The summed E-state index contributed by atoms with van der Waals surface area (Å²) < 4.78 is 0. The molecule has 3 N–H and O–H groups in total. The zero-order valence-electron chi connectivity index (χ0n) is 10.4. The number of aliphatic carboxylic acids is 1. The van der Waals surface area contributed by atoms with Gasteiger partial charge >= 0.3 is 12.0 Å². The summed E-state index contributed by atoms with van der Waals surface area (Å²) in [6.45, 7) is 7.72. The van der Waals surface area contributed by atoms with Gasteiger partial charge in [-0.25, -0.2) is 9.59 Å². The van der Waals surface area contributed by atoms with E-state index in [0.717, 1.165) is 6.42 Å². The van der Waals surface area contributed by atoms with Crippen molar-refractivity contribution in [3.05, 3.63) is 0 Å². The molecule has 94 valence electrons. The minimum absolute atomic E-state index is 0.0382. The summed E-state index contributed by atoms with van der Waals surface area (Å²) in [5.41, 5.74) is 0. The number of nitrogens with one attached hydrogen (secondary N) is 2. The van der Waals surface area contributed by atoms with Crippen molar-refractivity contribution >= 4 is 12.0 Å². The fraction of sp³-hybridized carbons (Fsp3) is 0.818. The summed E-state index contributed by atoms with van der Waals surface area (Å²) in [6, 6.07) is -1.19. The fourth-order valence-corrected chi connectivity index (χ4v) is 1.24. The zero-order valence-corrected chi connectivity index (χ0v) is 10.4. The predicted octanol–water partition coefficient (Wildman–Crippen LogP) is 1.58. The maximum absolute atomic E-state index is 11.5. The number of urea groups is 1. The van der Waals surface area contributed by atoms with Crippen molar-refractivity contribution in [1.82, 2.24) is 10.6 Å². The molecule has 2 amide bonds. The van der Waals surface area contributed by atoms with Gasteiger partial charge in [-0.15, -0.1) is 0 Å². The molecule has 0 aromatic heterocycles. The van der Waals surface area contributed by atoms with Gasteiger partial charge in [0.2, 0.25) is 0 Å². The minimum atomic E-state index is -1.01. The minimum Gasteiger partial charge on any atom is -0.480 e. The van der Waals surface area contributed by atoms with Crippen LogP contribution in [-0.2, 0) is 4.79 Å².